The van der Waals surface area contributed by atoms with Crippen LogP contribution in [0, 0.1) is 5.39 Å². The molecule has 0 fully saturated rings. The van der Waals surface area contributed by atoms with Gasteiger partial charge in [-0.3, -0.25) is 0 Å². The molecule has 2 nitrogen and oxygen atoms in total. The first-order valence-electron chi connectivity index (χ1n) is 2.26. The van der Waals surface area contributed by atoms with Crippen LogP contribution in [0.1, 0.15) is 1.43 Å². The molecule has 0 aliphatic carbocycles. The van der Waals surface area contributed by atoms with E-state index in [0.717, 1.165) is 15.8 Å². The minimum absolute atomic E-state index is 0. The van der Waals surface area contributed by atoms with Gasteiger partial charge in [0.05, 0.1) is 0 Å². The number of hydrogen-bond donors (Lipinski definition) is 0. The molecular weight excluding hydrogens is 159 g/mol. The van der Waals surface area contributed by atoms with E-state index in [4.69, 9.17) is 5.39 Å². The molecule has 0 saturated carbocycles. The third kappa shape index (κ3) is 7.23. The van der Waals surface area contributed by atoms with E-state index in [1.165, 1.54) is 0 Å². The zero-order valence-corrected chi connectivity index (χ0v) is 11.7. The van der Waals surface area contributed by atoms with Crippen molar-refractivity contribution in [3.8, 4) is 0 Å². The molecule has 0 saturated heterocycles. The Labute approximate surface area is 98.2 Å². The van der Waals surface area contributed by atoms with Crippen LogP contribution in [-0.2, 0) is 0 Å². The van der Waals surface area contributed by atoms with Crippen LogP contribution < -0.4 is 51.4 Å². The van der Waals surface area contributed by atoms with Crippen molar-refractivity contribution in [3.63, 3.8) is 0 Å². The number of hydrogen-bond acceptors (Lipinski definition) is 1. The topological polar surface area (TPSA) is 28.1 Å². The van der Waals surface area contributed by atoms with Gasteiger partial charge >= 0.3 is 59.9 Å². The van der Waals surface area contributed by atoms with Gasteiger partial charge in [-0.05, 0) is 4.64 Å². The summed E-state index contributed by atoms with van der Waals surface area (Å²) in [7, 11) is 0.0705. The summed E-state index contributed by atoms with van der Waals surface area (Å²) < 4.78 is 3.21. The first kappa shape index (κ1) is 12.0. The molecule has 1 atom stereocenters. The minimum Gasteiger partial charge on any atom is -1.00 e. The van der Waals surface area contributed by atoms with Crippen molar-refractivity contribution >= 4 is 18.2 Å². The van der Waals surface area contributed by atoms with Crippen molar-refractivity contribution in [2.75, 3.05) is 0 Å². The Balaban J connectivity index is -0.000000180. The van der Waals surface area contributed by atoms with Gasteiger partial charge in [-0.2, -0.15) is 0 Å². The second kappa shape index (κ2) is 8.23. The van der Waals surface area contributed by atoms with E-state index in [2.05, 4.69) is 11.2 Å². The van der Waals surface area contributed by atoms with Gasteiger partial charge < -0.3 is 1.43 Å². The third-order valence-corrected chi connectivity index (χ3v) is 4.22. The van der Waals surface area contributed by atoms with Gasteiger partial charge in [-0.25, -0.2) is 0 Å². The maximum Gasteiger partial charge on any atom is 1.00 e. The zero-order chi connectivity index (χ0) is 5.70. The van der Waals surface area contributed by atoms with Crippen molar-refractivity contribution in [3.05, 3.63) is 17.3 Å². The number of allylic oxidation sites excluding steroid dienone is 1. The predicted octanol–water partition coefficient (Wildman–Crippen LogP) is -3.27. The van der Waals surface area contributed by atoms with E-state index in [1.807, 2.05) is 6.08 Å². The van der Waals surface area contributed by atoms with E-state index < -0.39 is 8.48 Å². The maximum atomic E-state index is 8.14. The molecule has 0 aliphatic rings. The summed E-state index contributed by atoms with van der Waals surface area (Å²) in [5.41, 5.74) is 0. The molecule has 0 radical (unpaired) electrons. The van der Waals surface area contributed by atoms with E-state index in [0.29, 0.717) is 0 Å². The van der Waals surface area contributed by atoms with Crippen LogP contribution >= 0.6 is 0 Å². The second-order valence-electron chi connectivity index (χ2n) is 1.49. The Morgan fingerprint density at radius 1 is 2.00 bits per heavy atom. The van der Waals surface area contributed by atoms with E-state index in [-0.39, 0.29) is 52.8 Å². The Hall–Kier alpha value is 1.23. The van der Waals surface area contributed by atoms with Gasteiger partial charge in [0, 0.05) is 6.04 Å². The fraction of sp³-hybridized carbons (Fsp3) is 0.333. The standard InChI is InChI=1S/C3H9N2Si2.K.H/c1-2-3-7(6)5-4;;/h2,7H,1,3H2,6H3;;/q2*+1;-1. The molecule has 0 aliphatic heterocycles. The third-order valence-electron chi connectivity index (χ3n) is 0.705. The van der Waals surface area contributed by atoms with Crippen molar-refractivity contribution in [2.24, 2.45) is 0 Å². The van der Waals surface area contributed by atoms with Crippen LogP contribution in [-0.4, -0.2) is 18.2 Å². The fourth-order valence-corrected chi connectivity index (χ4v) is 1.87. The van der Waals surface area contributed by atoms with Crippen LogP contribution in [0.2, 0.25) is 6.04 Å². The largest absolute Gasteiger partial charge is 1.00 e. The summed E-state index contributed by atoms with van der Waals surface area (Å²) in [5.74, 6) is 0. The summed E-state index contributed by atoms with van der Waals surface area (Å²) in [6.45, 7) is 3.53. The van der Waals surface area contributed by atoms with Gasteiger partial charge in [0.25, 0.3) is 0 Å². The van der Waals surface area contributed by atoms with E-state index >= 15 is 0 Å². The molecule has 1 unspecified atom stereocenters. The van der Waals surface area contributed by atoms with Gasteiger partial charge in [-0.15, -0.1) is 6.58 Å². The van der Waals surface area contributed by atoms with Gasteiger partial charge in [0.15, 0.2) is 5.39 Å². The minimum atomic E-state index is -0.980. The number of rotatable bonds is 2. The number of nitrogens with zero attached hydrogens (tertiary/aromatic N) is 2. The molecule has 0 bridgehead atoms. The quantitative estimate of drug-likeness (QED) is 0.242. The van der Waals surface area contributed by atoms with Crippen LogP contribution in [0.3, 0.4) is 0 Å². The summed E-state index contributed by atoms with van der Waals surface area (Å²) in [5, 5.41) is 8.14. The molecule has 40 valence electrons. The normalized spacial score (nSPS) is 10.9. The van der Waals surface area contributed by atoms with Crippen molar-refractivity contribution in [1.29, 1.82) is 5.39 Å². The van der Waals surface area contributed by atoms with Crippen LogP contribution in [0.15, 0.2) is 12.7 Å². The predicted molar refractivity (Wildman–Crippen MR) is 38.3 cm³/mol. The molecule has 0 aromatic heterocycles. The smallest absolute Gasteiger partial charge is 1.00 e. The molecule has 0 amide bonds. The molecule has 0 rings (SSSR count). The van der Waals surface area contributed by atoms with Crippen molar-refractivity contribution in [2.45, 2.75) is 6.04 Å². The van der Waals surface area contributed by atoms with Crippen LogP contribution in [0.25, 0.3) is 4.64 Å². The Morgan fingerprint density at radius 2 is 2.50 bits per heavy atom. The molecular formula is C3H10KN2Si2+. The molecule has 0 aromatic carbocycles. The molecule has 5 heteroatoms. The Kier molecular flexibility index (Phi) is 12.3. The van der Waals surface area contributed by atoms with E-state index in [1.54, 1.807) is 0 Å². The summed E-state index contributed by atoms with van der Waals surface area (Å²) in [6, 6.07) is 0.947. The molecule has 0 N–H and O–H groups in total. The van der Waals surface area contributed by atoms with Crippen molar-refractivity contribution in [1.82, 2.24) is 0 Å². The molecule has 0 heterocycles. The maximum absolute atomic E-state index is 8.14. The van der Waals surface area contributed by atoms with Crippen molar-refractivity contribution < 1.29 is 52.8 Å². The molecule has 0 aromatic rings. The van der Waals surface area contributed by atoms with E-state index in [9.17, 15) is 0 Å². The first-order valence-corrected chi connectivity index (χ1v) is 8.21. The average Bonchev–Trinajstić information content (AvgIpc) is 1.68. The zero-order valence-electron chi connectivity index (χ0n) is 6.46. The van der Waals surface area contributed by atoms with Crippen LogP contribution in [0.4, 0.5) is 0 Å². The summed E-state index contributed by atoms with van der Waals surface area (Å²) in [6.07, 6.45) is 1.82. The summed E-state index contributed by atoms with van der Waals surface area (Å²) in [4.78, 5) is 0. The monoisotopic (exact) mass is 169 g/mol. The fourth-order valence-electron chi connectivity index (χ4n) is 0.288. The SMILES string of the molecule is C=CC[SiH]([SiH3])[N+]#N.[H-].[K+]. The first-order chi connectivity index (χ1) is 3.31. The number of diazo groups is 1. The van der Waals surface area contributed by atoms with Gasteiger partial charge in [0.1, 0.15) is 9.76 Å². The van der Waals surface area contributed by atoms with Crippen LogP contribution in [0.5, 0.6) is 0 Å². The summed E-state index contributed by atoms with van der Waals surface area (Å²) >= 11 is 0. The Bertz CT molecular complexity index is 104. The second-order valence-corrected chi connectivity index (χ2v) is 7.89. The Morgan fingerprint density at radius 3 is 2.62 bits per heavy atom. The average molecular weight is 169 g/mol. The molecule has 8 heavy (non-hydrogen) atoms. The van der Waals surface area contributed by atoms with Gasteiger partial charge in [0.2, 0.25) is 0 Å². The molecule has 0 spiro atoms. The van der Waals surface area contributed by atoms with Gasteiger partial charge in [-0.1, -0.05) is 6.08 Å².